The highest BCUT2D eigenvalue weighted by Gasteiger charge is 2.27. The summed E-state index contributed by atoms with van der Waals surface area (Å²) >= 11 is 0. The third kappa shape index (κ3) is 4.76. The lowest BCUT2D eigenvalue weighted by Crippen LogP contribution is -2.44. The van der Waals surface area contributed by atoms with E-state index in [1.165, 1.54) is 10.6 Å². The SMILES string of the molecule is CS(=O)(=O)N1CCCC(Nc2nc(Nc3ccncc3)ncc2-c2cnc3[nH]ccc3n2)C1. The molecule has 1 unspecified atom stereocenters. The second kappa shape index (κ2) is 8.71. The molecule has 1 aliphatic heterocycles. The van der Waals surface area contributed by atoms with Gasteiger partial charge in [0, 0.05) is 49.6 Å². The third-order valence-corrected chi connectivity index (χ3v) is 6.73. The minimum Gasteiger partial charge on any atom is -0.365 e. The molecular formula is C21H23N9O2S. The number of fused-ring (bicyclic) bond motifs is 1. The fourth-order valence-electron chi connectivity index (χ4n) is 3.82. The van der Waals surface area contributed by atoms with Gasteiger partial charge in [0.05, 0.1) is 23.7 Å². The second-order valence-corrected chi connectivity index (χ2v) is 9.87. The molecule has 11 nitrogen and oxygen atoms in total. The molecule has 0 aromatic carbocycles. The molecule has 33 heavy (non-hydrogen) atoms. The van der Waals surface area contributed by atoms with E-state index in [1.54, 1.807) is 31.0 Å². The van der Waals surface area contributed by atoms with Gasteiger partial charge in [-0.15, -0.1) is 0 Å². The number of hydrogen-bond acceptors (Lipinski definition) is 9. The monoisotopic (exact) mass is 465 g/mol. The number of hydrogen-bond donors (Lipinski definition) is 3. The van der Waals surface area contributed by atoms with E-state index in [0.29, 0.717) is 41.8 Å². The minimum absolute atomic E-state index is 0.0974. The molecule has 12 heteroatoms. The number of pyridine rings is 1. The first kappa shape index (κ1) is 21.2. The summed E-state index contributed by atoms with van der Waals surface area (Å²) in [7, 11) is -3.26. The largest absolute Gasteiger partial charge is 0.365 e. The first-order valence-corrected chi connectivity index (χ1v) is 12.4. The summed E-state index contributed by atoms with van der Waals surface area (Å²) in [5.74, 6) is 0.963. The van der Waals surface area contributed by atoms with Crippen molar-refractivity contribution in [3.8, 4) is 11.3 Å². The van der Waals surface area contributed by atoms with Crippen LogP contribution < -0.4 is 10.6 Å². The summed E-state index contributed by atoms with van der Waals surface area (Å²) in [4.78, 5) is 25.3. The summed E-state index contributed by atoms with van der Waals surface area (Å²) in [5, 5.41) is 6.60. The van der Waals surface area contributed by atoms with Crippen molar-refractivity contribution in [3.05, 3.63) is 49.2 Å². The molecule has 1 aliphatic rings. The van der Waals surface area contributed by atoms with E-state index in [2.05, 4.69) is 35.6 Å². The van der Waals surface area contributed by atoms with E-state index in [-0.39, 0.29) is 6.04 Å². The number of rotatable bonds is 6. The van der Waals surface area contributed by atoms with Gasteiger partial charge in [-0.3, -0.25) is 4.98 Å². The lowest BCUT2D eigenvalue weighted by molar-refractivity contribution is 0.329. The lowest BCUT2D eigenvalue weighted by atomic mass is 10.1. The Bertz CT molecular complexity index is 1380. The van der Waals surface area contributed by atoms with E-state index in [9.17, 15) is 8.42 Å². The zero-order chi connectivity index (χ0) is 22.8. The Morgan fingerprint density at radius 1 is 1.12 bits per heavy atom. The fraction of sp³-hybridized carbons (Fsp3) is 0.286. The molecule has 3 N–H and O–H groups in total. The number of nitrogens with zero attached hydrogens (tertiary/aromatic N) is 6. The van der Waals surface area contributed by atoms with Crippen LogP contribution in [-0.2, 0) is 10.0 Å². The second-order valence-electron chi connectivity index (χ2n) is 7.89. The van der Waals surface area contributed by atoms with Crippen LogP contribution in [0.3, 0.4) is 0 Å². The van der Waals surface area contributed by atoms with Crippen molar-refractivity contribution in [3.63, 3.8) is 0 Å². The molecule has 4 aromatic heterocycles. The van der Waals surface area contributed by atoms with Gasteiger partial charge in [0.25, 0.3) is 0 Å². The summed E-state index contributed by atoms with van der Waals surface area (Å²) in [6.07, 6.45) is 11.3. The van der Waals surface area contributed by atoms with Crippen LogP contribution in [0, 0.1) is 0 Å². The predicted molar refractivity (Wildman–Crippen MR) is 125 cm³/mol. The lowest BCUT2D eigenvalue weighted by Gasteiger charge is -2.32. The molecule has 5 rings (SSSR count). The van der Waals surface area contributed by atoms with Gasteiger partial charge in [0.1, 0.15) is 11.3 Å². The van der Waals surface area contributed by atoms with Crippen LogP contribution in [0.1, 0.15) is 12.8 Å². The van der Waals surface area contributed by atoms with E-state index in [1.807, 2.05) is 18.2 Å². The Morgan fingerprint density at radius 3 is 2.79 bits per heavy atom. The van der Waals surface area contributed by atoms with Crippen LogP contribution in [-0.4, -0.2) is 68.0 Å². The van der Waals surface area contributed by atoms with Crippen molar-refractivity contribution in [1.29, 1.82) is 0 Å². The van der Waals surface area contributed by atoms with Gasteiger partial charge in [0.2, 0.25) is 16.0 Å². The van der Waals surface area contributed by atoms with E-state index in [0.717, 1.165) is 24.0 Å². The van der Waals surface area contributed by atoms with E-state index < -0.39 is 10.0 Å². The quantitative estimate of drug-likeness (QED) is 0.391. The highest BCUT2D eigenvalue weighted by Crippen LogP contribution is 2.28. The number of anilines is 3. The number of aromatic nitrogens is 6. The first-order chi connectivity index (χ1) is 16.0. The van der Waals surface area contributed by atoms with Gasteiger partial charge < -0.3 is 15.6 Å². The van der Waals surface area contributed by atoms with Gasteiger partial charge in [-0.2, -0.15) is 4.98 Å². The van der Waals surface area contributed by atoms with Crippen molar-refractivity contribution < 1.29 is 8.42 Å². The highest BCUT2D eigenvalue weighted by molar-refractivity contribution is 7.88. The molecule has 0 spiro atoms. The number of aromatic amines is 1. The summed E-state index contributed by atoms with van der Waals surface area (Å²) in [6.45, 7) is 0.899. The molecule has 170 valence electrons. The first-order valence-electron chi connectivity index (χ1n) is 10.5. The maximum Gasteiger partial charge on any atom is 0.229 e. The average Bonchev–Trinajstić information content (AvgIpc) is 3.28. The molecule has 5 heterocycles. The topological polar surface area (TPSA) is 142 Å². The number of piperidine rings is 1. The average molecular weight is 466 g/mol. The molecule has 0 bridgehead atoms. The summed E-state index contributed by atoms with van der Waals surface area (Å²) < 4.78 is 25.6. The molecule has 1 saturated heterocycles. The van der Waals surface area contributed by atoms with E-state index >= 15 is 0 Å². The van der Waals surface area contributed by atoms with Crippen molar-refractivity contribution >= 4 is 38.6 Å². The van der Waals surface area contributed by atoms with Gasteiger partial charge in [0.15, 0.2) is 5.65 Å². The summed E-state index contributed by atoms with van der Waals surface area (Å²) in [6, 6.07) is 5.39. The van der Waals surface area contributed by atoms with Crippen LogP contribution in [0.5, 0.6) is 0 Å². The maximum absolute atomic E-state index is 12.1. The van der Waals surface area contributed by atoms with Crippen LogP contribution in [0.25, 0.3) is 22.4 Å². The molecule has 0 radical (unpaired) electrons. The summed E-state index contributed by atoms with van der Waals surface area (Å²) in [5.41, 5.74) is 3.54. The Kier molecular flexibility index (Phi) is 5.60. The van der Waals surface area contributed by atoms with Crippen molar-refractivity contribution in [2.75, 3.05) is 30.0 Å². The molecule has 0 amide bonds. The zero-order valence-corrected chi connectivity index (χ0v) is 18.7. The molecular weight excluding hydrogens is 442 g/mol. The minimum atomic E-state index is -3.26. The zero-order valence-electron chi connectivity index (χ0n) is 17.9. The van der Waals surface area contributed by atoms with Gasteiger partial charge in [-0.1, -0.05) is 0 Å². The van der Waals surface area contributed by atoms with Crippen molar-refractivity contribution in [2.24, 2.45) is 0 Å². The standard InChI is InChI=1S/C21H23N9O2S/c1-33(31,32)30-10-2-3-15(13-30)26-19-16(18-12-24-20-17(28-18)6-9-23-20)11-25-21(29-19)27-14-4-7-22-8-5-14/h4-9,11-12,15H,2-3,10,13H2,1H3,(H,23,24)(H2,22,25,26,27,29). The Balaban J connectivity index is 1.49. The Labute approximate surface area is 190 Å². The van der Waals surface area contributed by atoms with Gasteiger partial charge >= 0.3 is 0 Å². The molecule has 1 fully saturated rings. The van der Waals surface area contributed by atoms with Gasteiger partial charge in [-0.05, 0) is 31.0 Å². The normalized spacial score (nSPS) is 17.2. The third-order valence-electron chi connectivity index (χ3n) is 5.46. The molecule has 0 saturated carbocycles. The number of sulfonamides is 1. The van der Waals surface area contributed by atoms with Crippen LogP contribution in [0.2, 0.25) is 0 Å². The fourth-order valence-corrected chi connectivity index (χ4v) is 4.73. The number of H-pyrrole nitrogens is 1. The van der Waals surface area contributed by atoms with Crippen LogP contribution >= 0.6 is 0 Å². The Morgan fingerprint density at radius 2 is 1.97 bits per heavy atom. The van der Waals surface area contributed by atoms with Crippen LogP contribution in [0.15, 0.2) is 49.2 Å². The highest BCUT2D eigenvalue weighted by atomic mass is 32.2. The number of nitrogens with one attached hydrogen (secondary N) is 3. The maximum atomic E-state index is 12.1. The predicted octanol–water partition coefficient (Wildman–Crippen LogP) is 2.39. The van der Waals surface area contributed by atoms with Gasteiger partial charge in [-0.25, -0.2) is 27.7 Å². The smallest absolute Gasteiger partial charge is 0.229 e. The Hall–Kier alpha value is -3.64. The van der Waals surface area contributed by atoms with Crippen molar-refractivity contribution in [1.82, 2.24) is 34.2 Å². The van der Waals surface area contributed by atoms with Crippen LogP contribution in [0.4, 0.5) is 17.5 Å². The van der Waals surface area contributed by atoms with Crippen molar-refractivity contribution in [2.45, 2.75) is 18.9 Å². The molecule has 1 atom stereocenters. The molecule has 0 aliphatic carbocycles. The van der Waals surface area contributed by atoms with E-state index in [4.69, 9.17) is 4.98 Å². The molecule has 4 aromatic rings.